The summed E-state index contributed by atoms with van der Waals surface area (Å²) in [5.41, 5.74) is 7.13. The number of aromatic hydroxyl groups is 1. The van der Waals surface area contributed by atoms with E-state index in [0.29, 0.717) is 12.0 Å². The summed E-state index contributed by atoms with van der Waals surface area (Å²) >= 11 is 0. The summed E-state index contributed by atoms with van der Waals surface area (Å²) in [7, 11) is 0. The van der Waals surface area contributed by atoms with Crippen LogP contribution in [0.5, 0.6) is 5.75 Å². The molecule has 0 amide bonds. The summed E-state index contributed by atoms with van der Waals surface area (Å²) < 4.78 is 5.62. The quantitative estimate of drug-likeness (QED) is 0.148. The normalized spacial score (nSPS) is 17.6. The lowest BCUT2D eigenvalue weighted by molar-refractivity contribution is -0.156. The molecular weight excluding hydrogens is 560 g/mol. The van der Waals surface area contributed by atoms with Gasteiger partial charge in [0.15, 0.2) is 11.9 Å². The van der Waals surface area contributed by atoms with Gasteiger partial charge in [-0.15, -0.1) is 0 Å². The van der Waals surface area contributed by atoms with E-state index < -0.39 is 12.1 Å². The van der Waals surface area contributed by atoms with Crippen LogP contribution in [0.25, 0.3) is 12.2 Å². The van der Waals surface area contributed by atoms with E-state index in [1.54, 1.807) is 19.1 Å². The summed E-state index contributed by atoms with van der Waals surface area (Å²) in [5, 5.41) is 9.78. The summed E-state index contributed by atoms with van der Waals surface area (Å²) in [4.78, 5) is 38.5. The van der Waals surface area contributed by atoms with Crippen molar-refractivity contribution >= 4 is 29.7 Å². The molecule has 0 heterocycles. The predicted molar refractivity (Wildman–Crippen MR) is 184 cm³/mol. The van der Waals surface area contributed by atoms with Crippen molar-refractivity contribution in [2.45, 2.75) is 80.3 Å². The van der Waals surface area contributed by atoms with Crippen LogP contribution in [0.1, 0.15) is 83.1 Å². The third kappa shape index (κ3) is 10.9. The van der Waals surface area contributed by atoms with E-state index in [1.807, 2.05) is 107 Å². The van der Waals surface area contributed by atoms with Crippen LogP contribution < -0.4 is 0 Å². The van der Waals surface area contributed by atoms with Gasteiger partial charge in [-0.1, -0.05) is 104 Å². The number of carbonyl (C=O) groups excluding carboxylic acids is 3. The first-order valence-electron chi connectivity index (χ1n) is 15.5. The molecular formula is C40H46O5. The van der Waals surface area contributed by atoms with Crippen molar-refractivity contribution in [1.82, 2.24) is 0 Å². The lowest BCUT2D eigenvalue weighted by Gasteiger charge is -2.36. The van der Waals surface area contributed by atoms with Crippen LogP contribution in [0, 0.1) is 12.3 Å². The molecule has 1 aliphatic rings. The van der Waals surface area contributed by atoms with Crippen LogP contribution in [0.2, 0.25) is 0 Å². The van der Waals surface area contributed by atoms with Crippen LogP contribution in [0.4, 0.5) is 0 Å². The molecule has 0 aliphatic heterocycles. The first-order valence-corrected chi connectivity index (χ1v) is 15.5. The van der Waals surface area contributed by atoms with Crippen molar-refractivity contribution in [2.24, 2.45) is 5.41 Å². The molecule has 236 valence electrons. The minimum Gasteiger partial charge on any atom is -0.508 e. The second kappa shape index (κ2) is 16.0. The number of hydrogen-bond donors (Lipinski definition) is 1. The maximum atomic E-state index is 13.2. The Hall–Kier alpha value is -4.51. The number of phenolic OH excluding ortho intramolecular Hbond substituents is 1. The van der Waals surface area contributed by atoms with Gasteiger partial charge >= 0.3 is 5.97 Å². The Kier molecular flexibility index (Phi) is 12.4. The second-order valence-corrected chi connectivity index (χ2v) is 12.5. The number of allylic oxidation sites excluding steroid dienone is 9. The highest BCUT2D eigenvalue weighted by atomic mass is 16.5. The van der Waals surface area contributed by atoms with E-state index in [-0.39, 0.29) is 42.0 Å². The first kappa shape index (κ1) is 35.0. The molecule has 0 fully saturated rings. The van der Waals surface area contributed by atoms with Crippen molar-refractivity contribution in [3.8, 4) is 5.75 Å². The molecule has 0 radical (unpaired) electrons. The van der Waals surface area contributed by atoms with Crippen LogP contribution in [0.3, 0.4) is 0 Å². The predicted octanol–water partition coefficient (Wildman–Crippen LogP) is 9.02. The molecule has 1 atom stereocenters. The first-order chi connectivity index (χ1) is 21.3. The Bertz CT molecular complexity index is 1570. The monoisotopic (exact) mass is 606 g/mol. The molecule has 0 saturated carbocycles. The van der Waals surface area contributed by atoms with Crippen molar-refractivity contribution in [3.63, 3.8) is 0 Å². The molecule has 5 nitrogen and oxygen atoms in total. The molecule has 0 aromatic heterocycles. The molecule has 2 aromatic rings. The third-order valence-corrected chi connectivity index (χ3v) is 7.99. The van der Waals surface area contributed by atoms with Crippen LogP contribution in [-0.2, 0) is 25.5 Å². The number of benzene rings is 2. The fourth-order valence-electron chi connectivity index (χ4n) is 5.31. The molecule has 0 saturated heterocycles. The Morgan fingerprint density at radius 3 is 2.29 bits per heavy atom. The molecule has 0 bridgehead atoms. The number of Topliss-reactive ketones (excluding diaryl/α,β-unsaturated/α-hetero) is 2. The van der Waals surface area contributed by atoms with E-state index >= 15 is 0 Å². The minimum atomic E-state index is -0.854. The number of esters is 1. The number of phenols is 1. The Morgan fingerprint density at radius 2 is 1.62 bits per heavy atom. The summed E-state index contributed by atoms with van der Waals surface area (Å²) in [6, 6.07) is 13.0. The summed E-state index contributed by atoms with van der Waals surface area (Å²) in [5.74, 6) is -0.557. The van der Waals surface area contributed by atoms with E-state index in [1.165, 1.54) is 5.57 Å². The molecule has 45 heavy (non-hydrogen) atoms. The molecule has 2 aromatic carbocycles. The smallest absolute Gasteiger partial charge is 0.306 e. The highest BCUT2D eigenvalue weighted by molar-refractivity contribution is 6.01. The van der Waals surface area contributed by atoms with E-state index in [2.05, 4.69) is 13.8 Å². The molecule has 1 aliphatic carbocycles. The molecule has 1 N–H and O–H groups in total. The third-order valence-electron chi connectivity index (χ3n) is 7.99. The Labute approximate surface area is 268 Å². The lowest BCUT2D eigenvalue weighted by atomic mass is 9.71. The average Bonchev–Trinajstić information content (AvgIpc) is 2.97. The SMILES string of the molecule is C/C=C(C)/C=C/C=C(C)/C=C/C1=C(C)C(=O)C(OC(=O)CCC(=O)Cc2ccc(/C=C/c3cc(C)cc(O)c3)cc2)CC1(C)C. The number of carbonyl (C=O) groups is 3. The van der Waals surface area contributed by atoms with Gasteiger partial charge in [0, 0.05) is 19.3 Å². The fraction of sp³-hybridized carbons (Fsp3) is 0.325. The average molecular weight is 607 g/mol. The lowest BCUT2D eigenvalue weighted by Crippen LogP contribution is -2.39. The zero-order valence-corrected chi connectivity index (χ0v) is 27.6. The largest absolute Gasteiger partial charge is 0.508 e. The van der Waals surface area contributed by atoms with Crippen LogP contribution >= 0.6 is 0 Å². The maximum Gasteiger partial charge on any atom is 0.306 e. The maximum absolute atomic E-state index is 13.2. The van der Waals surface area contributed by atoms with Crippen LogP contribution in [-0.4, -0.2) is 28.7 Å². The van der Waals surface area contributed by atoms with Gasteiger partial charge in [0.2, 0.25) is 0 Å². The van der Waals surface area contributed by atoms with E-state index in [0.717, 1.165) is 33.4 Å². The topological polar surface area (TPSA) is 80.7 Å². The zero-order valence-electron chi connectivity index (χ0n) is 27.6. The highest BCUT2D eigenvalue weighted by Gasteiger charge is 2.39. The van der Waals surface area contributed by atoms with Gasteiger partial charge in [0.1, 0.15) is 11.5 Å². The fourth-order valence-corrected chi connectivity index (χ4v) is 5.31. The van der Waals surface area contributed by atoms with Gasteiger partial charge < -0.3 is 9.84 Å². The van der Waals surface area contributed by atoms with Gasteiger partial charge in [-0.3, -0.25) is 14.4 Å². The molecule has 1 unspecified atom stereocenters. The van der Waals surface area contributed by atoms with Gasteiger partial charge in [-0.05, 0) is 85.6 Å². The number of ether oxygens (including phenoxy) is 1. The Balaban J connectivity index is 1.52. The van der Waals surface area contributed by atoms with Crippen molar-refractivity contribution < 1.29 is 24.2 Å². The number of aryl methyl sites for hydroxylation is 1. The van der Waals surface area contributed by atoms with E-state index in [9.17, 15) is 19.5 Å². The van der Waals surface area contributed by atoms with Gasteiger partial charge in [0.25, 0.3) is 0 Å². The summed E-state index contributed by atoms with van der Waals surface area (Å²) in [6.45, 7) is 13.9. The second-order valence-electron chi connectivity index (χ2n) is 12.5. The zero-order chi connectivity index (χ0) is 33.1. The van der Waals surface area contributed by atoms with Crippen molar-refractivity contribution in [2.75, 3.05) is 0 Å². The Morgan fingerprint density at radius 1 is 0.933 bits per heavy atom. The molecule has 3 rings (SSSR count). The van der Waals surface area contributed by atoms with Crippen molar-refractivity contribution in [3.05, 3.63) is 123 Å². The number of rotatable bonds is 12. The van der Waals surface area contributed by atoms with Crippen molar-refractivity contribution in [1.29, 1.82) is 0 Å². The van der Waals surface area contributed by atoms with E-state index in [4.69, 9.17) is 4.74 Å². The summed E-state index contributed by atoms with van der Waals surface area (Å²) in [6.07, 6.45) is 15.7. The molecule has 5 heteroatoms. The van der Waals surface area contributed by atoms with Gasteiger partial charge in [0.05, 0.1) is 6.42 Å². The van der Waals surface area contributed by atoms with Gasteiger partial charge in [-0.2, -0.15) is 0 Å². The number of hydrogen-bond acceptors (Lipinski definition) is 5. The molecule has 0 spiro atoms. The van der Waals surface area contributed by atoms with Gasteiger partial charge in [-0.25, -0.2) is 0 Å². The number of ketones is 2. The highest BCUT2D eigenvalue weighted by Crippen LogP contribution is 2.41. The minimum absolute atomic E-state index is 0.0537. The van der Waals surface area contributed by atoms with Crippen LogP contribution in [0.15, 0.2) is 101 Å². The standard InChI is InChI=1S/C40H46O5/c1-8-27(2)10-9-11-28(3)12-20-36-30(5)39(44)37(26-40(36,6)7)45-38(43)21-19-34(41)24-32-16-13-31(14-17-32)15-18-33-22-29(4)23-35(42)25-33/h8-18,20,22-23,25,37,42H,19,21,24,26H2,1-7H3/b10-9+,18-15+,20-12+,27-8+,28-11+.